The Balaban J connectivity index is 1.29. The van der Waals surface area contributed by atoms with E-state index in [1.807, 2.05) is 32.1 Å². The summed E-state index contributed by atoms with van der Waals surface area (Å²) in [6.07, 6.45) is 12.9. The van der Waals surface area contributed by atoms with Gasteiger partial charge in [0.2, 0.25) is 17.7 Å². The molecule has 3 heterocycles. The van der Waals surface area contributed by atoms with Crippen molar-refractivity contribution in [2.45, 2.75) is 98.3 Å². The number of hydrogen-bond donors (Lipinski definition) is 3. The van der Waals surface area contributed by atoms with Crippen LogP contribution in [0.2, 0.25) is 0 Å². The van der Waals surface area contributed by atoms with Crippen molar-refractivity contribution in [2.24, 2.45) is 23.7 Å². The molecule has 13 nitrogen and oxygen atoms in total. The van der Waals surface area contributed by atoms with Crippen LogP contribution in [-0.4, -0.2) is 71.7 Å². The standard InChI is InChI=1S/C44H56N4O9/c1-9-14-28(10-2)32-19-20-34(56-32)57-33-18-17-31(36-37(33)42(52)48(41(36)51)39(49)29-15-12-11-13-16-29)45-46-38-27(6)35(40(50)47(7)43(38)54-8)44(53)55-23-30-25(4)21-24(3)22-26(30)5/h11-13,15,19-22,25,28-30,33,37,40,45-46,50H,9-10,14,16-18,23H2,1-8H3/t25?,28?,29-,30?,33?,37?,40?/m0/s1. The first kappa shape index (κ1) is 41.3. The van der Waals surface area contributed by atoms with E-state index >= 15 is 0 Å². The Morgan fingerprint density at radius 2 is 1.88 bits per heavy atom. The van der Waals surface area contributed by atoms with Gasteiger partial charge in [-0.3, -0.25) is 19.8 Å². The zero-order valence-corrected chi connectivity index (χ0v) is 34.2. The molecule has 0 aromatic carbocycles. The van der Waals surface area contributed by atoms with E-state index in [2.05, 4.69) is 43.8 Å². The number of allylic oxidation sites excluding steroid dienone is 8. The largest absolute Gasteiger partial charge is 0.481 e. The number of esters is 1. The maximum atomic E-state index is 14.3. The van der Waals surface area contributed by atoms with Gasteiger partial charge in [0, 0.05) is 30.6 Å². The lowest BCUT2D eigenvalue weighted by Gasteiger charge is -2.36. The first-order valence-corrected chi connectivity index (χ1v) is 20.0. The van der Waals surface area contributed by atoms with E-state index in [0.717, 1.165) is 41.1 Å². The lowest BCUT2D eigenvalue weighted by Crippen LogP contribution is -2.46. The summed E-state index contributed by atoms with van der Waals surface area (Å²) in [6, 6.07) is 3.63. The molecule has 0 radical (unpaired) electrons. The summed E-state index contributed by atoms with van der Waals surface area (Å²) in [6.45, 7) is 12.2. The number of ether oxygens (including phenoxy) is 3. The molecule has 306 valence electrons. The first-order valence-electron chi connectivity index (χ1n) is 20.0. The molecule has 3 amide bonds. The van der Waals surface area contributed by atoms with Crippen LogP contribution in [0.25, 0.3) is 0 Å². The fraction of sp³-hybridized carbons (Fsp3) is 0.500. The molecule has 3 N–H and O–H groups in total. The van der Waals surface area contributed by atoms with Crippen LogP contribution in [-0.2, 0) is 28.7 Å². The first-order chi connectivity index (χ1) is 27.3. The average molecular weight is 785 g/mol. The van der Waals surface area contributed by atoms with E-state index < -0.39 is 47.9 Å². The Bertz CT molecular complexity index is 2000. The highest BCUT2D eigenvalue weighted by Gasteiger charge is 2.55. The number of likely N-dealkylation sites (tertiary alicyclic amines) is 1. The van der Waals surface area contributed by atoms with Gasteiger partial charge in [-0.15, -0.1) is 0 Å². The number of aliphatic hydroxyl groups is 1. The number of aliphatic hydroxyl groups excluding tert-OH is 1. The molecule has 0 spiro atoms. The zero-order chi connectivity index (χ0) is 41.1. The molecule has 1 saturated heterocycles. The summed E-state index contributed by atoms with van der Waals surface area (Å²) in [7, 11) is 3.02. The number of imide groups is 3. The molecule has 0 bridgehead atoms. The van der Waals surface area contributed by atoms with Crippen molar-refractivity contribution in [1.82, 2.24) is 20.7 Å². The van der Waals surface area contributed by atoms with E-state index in [1.165, 1.54) is 12.0 Å². The van der Waals surface area contributed by atoms with Gasteiger partial charge in [0.25, 0.3) is 11.9 Å². The third-order valence-corrected chi connectivity index (χ3v) is 11.8. The summed E-state index contributed by atoms with van der Waals surface area (Å²) >= 11 is 0. The highest BCUT2D eigenvalue weighted by molar-refractivity contribution is 6.25. The van der Waals surface area contributed by atoms with Crippen LogP contribution in [0.5, 0.6) is 5.95 Å². The molecule has 0 saturated carbocycles. The van der Waals surface area contributed by atoms with Crippen molar-refractivity contribution in [2.75, 3.05) is 20.8 Å². The van der Waals surface area contributed by atoms with Gasteiger partial charge in [-0.2, -0.15) is 0 Å². The molecule has 5 aliphatic rings. The van der Waals surface area contributed by atoms with Gasteiger partial charge in [0.15, 0.2) is 6.23 Å². The molecule has 2 aliphatic heterocycles. The van der Waals surface area contributed by atoms with Gasteiger partial charge in [0.05, 0.1) is 30.8 Å². The second kappa shape index (κ2) is 17.5. The van der Waals surface area contributed by atoms with E-state index in [9.17, 15) is 24.3 Å². The molecule has 7 atom stereocenters. The maximum absolute atomic E-state index is 14.3. The number of rotatable bonds is 14. The lowest BCUT2D eigenvalue weighted by molar-refractivity contribution is -0.152. The highest BCUT2D eigenvalue weighted by Crippen LogP contribution is 2.41. The van der Waals surface area contributed by atoms with Crippen LogP contribution in [0, 0.1) is 23.7 Å². The third-order valence-electron chi connectivity index (χ3n) is 11.8. The Morgan fingerprint density at radius 1 is 1.11 bits per heavy atom. The van der Waals surface area contributed by atoms with E-state index in [0.29, 0.717) is 29.8 Å². The van der Waals surface area contributed by atoms with E-state index in [-0.39, 0.29) is 53.8 Å². The summed E-state index contributed by atoms with van der Waals surface area (Å²) in [5.74, 6) is -2.75. The number of likely N-dealkylation sites (N-methyl/N-ethyl adjacent to an activating group) is 1. The second-order valence-electron chi connectivity index (χ2n) is 15.6. The van der Waals surface area contributed by atoms with Gasteiger partial charge in [-0.25, -0.2) is 9.69 Å². The normalized spacial score (nSPS) is 26.7. The fourth-order valence-corrected chi connectivity index (χ4v) is 8.67. The van der Waals surface area contributed by atoms with Gasteiger partial charge in [0.1, 0.15) is 23.5 Å². The molecule has 1 aromatic rings. The quantitative estimate of drug-likeness (QED) is 0.112. The van der Waals surface area contributed by atoms with Gasteiger partial charge < -0.3 is 34.1 Å². The number of furan rings is 1. The van der Waals surface area contributed by atoms with Crippen LogP contribution in [0.4, 0.5) is 0 Å². The average Bonchev–Trinajstić information content (AvgIpc) is 3.76. The number of hydrazine groups is 1. The number of hydrogen-bond acceptors (Lipinski definition) is 12. The molecule has 1 aromatic heterocycles. The molecular formula is C44H56N4O9. The summed E-state index contributed by atoms with van der Waals surface area (Å²) in [4.78, 5) is 58.1. The van der Waals surface area contributed by atoms with Crippen molar-refractivity contribution in [3.05, 3.63) is 99.5 Å². The van der Waals surface area contributed by atoms with Crippen molar-refractivity contribution < 1.29 is 42.9 Å². The smallest absolute Gasteiger partial charge is 0.338 e. The number of carbonyl (C=O) groups excluding carboxylic acids is 4. The van der Waals surface area contributed by atoms with Crippen LogP contribution in [0.15, 0.2) is 98.1 Å². The molecule has 6 unspecified atom stereocenters. The maximum Gasteiger partial charge on any atom is 0.338 e. The fourth-order valence-electron chi connectivity index (χ4n) is 8.67. The monoisotopic (exact) mass is 784 g/mol. The minimum absolute atomic E-state index is 0.00491. The van der Waals surface area contributed by atoms with Crippen LogP contribution in [0.3, 0.4) is 0 Å². The zero-order valence-electron chi connectivity index (χ0n) is 34.2. The lowest BCUT2D eigenvalue weighted by atomic mass is 9.82. The second-order valence-corrected chi connectivity index (χ2v) is 15.6. The van der Waals surface area contributed by atoms with Crippen molar-refractivity contribution in [1.29, 1.82) is 0 Å². The Morgan fingerprint density at radius 3 is 2.54 bits per heavy atom. The predicted octanol–water partition coefficient (Wildman–Crippen LogP) is 6.20. The number of carbonyl (C=O) groups is 4. The Hall–Kier alpha value is -5.30. The van der Waals surface area contributed by atoms with Gasteiger partial charge in [-0.05, 0) is 70.4 Å². The number of nitrogens with zero attached hydrogens (tertiary/aromatic N) is 2. The molecular weight excluding hydrogens is 729 g/mol. The van der Waals surface area contributed by atoms with Crippen LogP contribution in [0.1, 0.15) is 91.7 Å². The summed E-state index contributed by atoms with van der Waals surface area (Å²) < 4.78 is 24.0. The summed E-state index contributed by atoms with van der Waals surface area (Å²) in [5, 5.41) is 11.3. The van der Waals surface area contributed by atoms with Crippen molar-refractivity contribution in [3.63, 3.8) is 0 Å². The van der Waals surface area contributed by atoms with Gasteiger partial charge >= 0.3 is 5.97 Å². The van der Waals surface area contributed by atoms with Crippen molar-refractivity contribution in [3.8, 4) is 5.95 Å². The minimum Gasteiger partial charge on any atom is -0.481 e. The number of methoxy groups -OCH3 is 1. The predicted molar refractivity (Wildman–Crippen MR) is 212 cm³/mol. The Labute approximate surface area is 334 Å². The number of fused-ring (bicyclic) bond motifs is 1. The molecule has 6 rings (SSSR count). The molecule has 13 heteroatoms. The van der Waals surface area contributed by atoms with Crippen LogP contribution < -0.4 is 15.6 Å². The minimum atomic E-state index is -1.37. The molecule has 1 fully saturated rings. The topological polar surface area (TPSA) is 160 Å². The SMILES string of the molecule is CCCC(CC)c1ccc(OC2CCC(NNC3=C(OC)N(C)C(O)C(C(=O)OCC4C(C)=CC(C)=CC4C)=C3C)=C3C(=O)N(C(=O)[C@H]4C=CC=CC4)C(=O)C32)o1. The molecule has 3 aliphatic carbocycles. The summed E-state index contributed by atoms with van der Waals surface area (Å²) in [5.41, 5.74) is 9.71. The number of amides is 3. The van der Waals surface area contributed by atoms with Crippen molar-refractivity contribution >= 4 is 23.7 Å². The van der Waals surface area contributed by atoms with Crippen LogP contribution >= 0.6 is 0 Å². The Kier molecular flexibility index (Phi) is 12.7. The highest BCUT2D eigenvalue weighted by atomic mass is 16.6. The van der Waals surface area contributed by atoms with E-state index in [1.54, 1.807) is 32.2 Å². The van der Waals surface area contributed by atoms with E-state index in [4.69, 9.17) is 18.6 Å². The number of nitrogens with one attached hydrogen (secondary N) is 2. The third kappa shape index (κ3) is 8.12. The molecule has 57 heavy (non-hydrogen) atoms. The van der Waals surface area contributed by atoms with Gasteiger partial charge in [-0.1, -0.05) is 74.8 Å².